The minimum Gasteiger partial charge on any atom is -0.333 e. The van der Waals surface area contributed by atoms with Crippen LogP contribution >= 0.6 is 0 Å². The molecule has 0 spiro atoms. The summed E-state index contributed by atoms with van der Waals surface area (Å²) in [5.74, 6) is 0.846. The first-order chi connectivity index (χ1) is 11.1. The summed E-state index contributed by atoms with van der Waals surface area (Å²) in [6, 6.07) is 10.3. The molecule has 1 aromatic carbocycles. The standard InChI is InChI=1S/C16H22N6O/c1-12-8-22(9-13-6-4-3-5-7-13)10-14(12)19-16(23)20-15-17-11-18-21(15)2/h3-7,11-12,14H,8-10H2,1-2H3,(H2,17,18,19,20,23)/t12-,14-/m1/s1. The number of aryl methyl sites for hydroxylation is 1. The van der Waals surface area contributed by atoms with Crippen molar-refractivity contribution in [2.75, 3.05) is 18.4 Å². The van der Waals surface area contributed by atoms with Gasteiger partial charge in [-0.25, -0.2) is 9.48 Å². The SMILES string of the molecule is C[C@@H]1CN(Cc2ccccc2)C[C@H]1NC(=O)Nc1ncnn1C. The van der Waals surface area contributed by atoms with Gasteiger partial charge in [-0.3, -0.25) is 10.2 Å². The van der Waals surface area contributed by atoms with Gasteiger partial charge in [0.2, 0.25) is 5.95 Å². The molecule has 7 heteroatoms. The number of benzene rings is 1. The van der Waals surface area contributed by atoms with Crippen molar-refractivity contribution in [1.82, 2.24) is 25.0 Å². The molecule has 1 aliphatic heterocycles. The maximum absolute atomic E-state index is 12.1. The number of anilines is 1. The van der Waals surface area contributed by atoms with E-state index < -0.39 is 0 Å². The first kappa shape index (κ1) is 15.5. The number of amides is 2. The van der Waals surface area contributed by atoms with Crippen molar-refractivity contribution in [1.29, 1.82) is 0 Å². The van der Waals surface area contributed by atoms with Crippen molar-refractivity contribution in [3.05, 3.63) is 42.2 Å². The zero-order valence-corrected chi connectivity index (χ0v) is 13.4. The number of urea groups is 1. The topological polar surface area (TPSA) is 75.1 Å². The van der Waals surface area contributed by atoms with Gasteiger partial charge in [0.1, 0.15) is 6.33 Å². The van der Waals surface area contributed by atoms with Crippen LogP contribution in [0.2, 0.25) is 0 Å². The molecule has 0 saturated carbocycles. The summed E-state index contributed by atoms with van der Waals surface area (Å²) in [6.07, 6.45) is 1.41. The number of likely N-dealkylation sites (tertiary alicyclic amines) is 1. The molecule has 0 aliphatic carbocycles. The van der Waals surface area contributed by atoms with E-state index in [1.807, 2.05) is 6.07 Å². The number of aromatic nitrogens is 3. The van der Waals surface area contributed by atoms with Crippen LogP contribution in [0.4, 0.5) is 10.7 Å². The molecule has 23 heavy (non-hydrogen) atoms. The number of nitrogens with zero attached hydrogens (tertiary/aromatic N) is 4. The quantitative estimate of drug-likeness (QED) is 0.896. The molecular weight excluding hydrogens is 292 g/mol. The van der Waals surface area contributed by atoms with E-state index >= 15 is 0 Å². The molecule has 1 saturated heterocycles. The second-order valence-electron chi connectivity index (χ2n) is 6.07. The summed E-state index contributed by atoms with van der Waals surface area (Å²) >= 11 is 0. The number of rotatable bonds is 4. The second kappa shape index (κ2) is 6.78. The van der Waals surface area contributed by atoms with E-state index in [1.165, 1.54) is 16.6 Å². The molecule has 7 nitrogen and oxygen atoms in total. The predicted octanol–water partition coefficient (Wildman–Crippen LogP) is 1.46. The minimum absolute atomic E-state index is 0.131. The fourth-order valence-electron chi connectivity index (χ4n) is 2.94. The molecule has 2 N–H and O–H groups in total. The Balaban J connectivity index is 1.52. The Morgan fingerprint density at radius 3 is 2.78 bits per heavy atom. The number of hydrogen-bond donors (Lipinski definition) is 2. The van der Waals surface area contributed by atoms with Crippen LogP contribution in [0.25, 0.3) is 0 Å². The van der Waals surface area contributed by atoms with Crippen molar-refractivity contribution in [2.45, 2.75) is 19.5 Å². The molecule has 122 valence electrons. The largest absolute Gasteiger partial charge is 0.333 e. The van der Waals surface area contributed by atoms with Crippen molar-refractivity contribution in [3.63, 3.8) is 0 Å². The van der Waals surface area contributed by atoms with Crippen molar-refractivity contribution in [3.8, 4) is 0 Å². The molecule has 0 bridgehead atoms. The van der Waals surface area contributed by atoms with Gasteiger partial charge in [-0.15, -0.1) is 0 Å². The smallest absolute Gasteiger partial charge is 0.321 e. The van der Waals surface area contributed by atoms with Crippen LogP contribution in [0.5, 0.6) is 0 Å². The van der Waals surface area contributed by atoms with Gasteiger partial charge in [-0.05, 0) is 11.5 Å². The van der Waals surface area contributed by atoms with Crippen molar-refractivity contribution >= 4 is 12.0 Å². The highest BCUT2D eigenvalue weighted by atomic mass is 16.2. The van der Waals surface area contributed by atoms with Crippen molar-refractivity contribution in [2.24, 2.45) is 13.0 Å². The Morgan fingerprint density at radius 1 is 1.30 bits per heavy atom. The van der Waals surface area contributed by atoms with E-state index in [2.05, 4.69) is 56.8 Å². The lowest BCUT2D eigenvalue weighted by Gasteiger charge is -2.17. The summed E-state index contributed by atoms with van der Waals surface area (Å²) < 4.78 is 1.53. The maximum Gasteiger partial charge on any atom is 0.321 e. The molecule has 2 aromatic rings. The third-order valence-electron chi connectivity index (χ3n) is 4.19. The summed E-state index contributed by atoms with van der Waals surface area (Å²) in [5, 5.41) is 9.69. The first-order valence-corrected chi connectivity index (χ1v) is 7.79. The number of hydrogen-bond acceptors (Lipinski definition) is 4. The third kappa shape index (κ3) is 3.87. The van der Waals surface area contributed by atoms with E-state index in [-0.39, 0.29) is 12.1 Å². The number of nitrogens with one attached hydrogen (secondary N) is 2. The van der Waals surface area contributed by atoms with E-state index in [0.29, 0.717) is 11.9 Å². The minimum atomic E-state index is -0.237. The van der Waals surface area contributed by atoms with E-state index in [0.717, 1.165) is 19.6 Å². The number of carbonyl (C=O) groups excluding carboxylic acids is 1. The summed E-state index contributed by atoms with van der Waals surface area (Å²) in [5.41, 5.74) is 1.30. The van der Waals surface area contributed by atoms with Crippen LogP contribution in [0, 0.1) is 5.92 Å². The molecule has 1 aromatic heterocycles. The highest BCUT2D eigenvalue weighted by Gasteiger charge is 2.30. The zero-order chi connectivity index (χ0) is 16.2. The van der Waals surface area contributed by atoms with Crippen LogP contribution in [-0.2, 0) is 13.6 Å². The lowest BCUT2D eigenvalue weighted by molar-refractivity contribution is 0.245. The second-order valence-corrected chi connectivity index (χ2v) is 6.07. The van der Waals surface area contributed by atoms with Crippen LogP contribution in [-0.4, -0.2) is 44.8 Å². The molecule has 3 rings (SSSR count). The molecule has 1 fully saturated rings. The predicted molar refractivity (Wildman–Crippen MR) is 87.8 cm³/mol. The van der Waals surface area contributed by atoms with Crippen LogP contribution in [0.3, 0.4) is 0 Å². The zero-order valence-electron chi connectivity index (χ0n) is 13.4. The highest BCUT2D eigenvalue weighted by Crippen LogP contribution is 2.19. The maximum atomic E-state index is 12.1. The Kier molecular flexibility index (Phi) is 4.57. The van der Waals surface area contributed by atoms with Crippen molar-refractivity contribution < 1.29 is 4.79 Å². The summed E-state index contributed by atoms with van der Waals surface area (Å²) in [7, 11) is 1.74. The fraction of sp³-hybridized carbons (Fsp3) is 0.438. The molecule has 0 unspecified atom stereocenters. The van der Waals surface area contributed by atoms with E-state index in [4.69, 9.17) is 0 Å². The van der Waals surface area contributed by atoms with Crippen LogP contribution in [0.15, 0.2) is 36.7 Å². The molecule has 0 radical (unpaired) electrons. The highest BCUT2D eigenvalue weighted by molar-refractivity contribution is 5.87. The molecule has 2 atom stereocenters. The van der Waals surface area contributed by atoms with Gasteiger partial charge in [-0.2, -0.15) is 10.1 Å². The molecular formula is C16H22N6O. The normalized spacial score (nSPS) is 21.3. The van der Waals surface area contributed by atoms with E-state index in [9.17, 15) is 4.79 Å². The van der Waals surface area contributed by atoms with Crippen LogP contribution < -0.4 is 10.6 Å². The lowest BCUT2D eigenvalue weighted by atomic mass is 10.1. The van der Waals surface area contributed by atoms with Gasteiger partial charge in [0, 0.05) is 32.7 Å². The average molecular weight is 314 g/mol. The van der Waals surface area contributed by atoms with Gasteiger partial charge >= 0.3 is 6.03 Å². The average Bonchev–Trinajstić information content (AvgIpc) is 3.07. The van der Waals surface area contributed by atoms with Gasteiger partial charge in [0.05, 0.1) is 0 Å². The van der Waals surface area contributed by atoms with Gasteiger partial charge in [0.15, 0.2) is 0 Å². The Labute approximate surface area is 135 Å². The lowest BCUT2D eigenvalue weighted by Crippen LogP contribution is -2.42. The van der Waals surface area contributed by atoms with Gasteiger partial charge in [0.25, 0.3) is 0 Å². The van der Waals surface area contributed by atoms with Gasteiger partial charge < -0.3 is 5.32 Å². The molecule has 1 aliphatic rings. The summed E-state index contributed by atoms with van der Waals surface area (Å²) in [6.45, 7) is 4.90. The Bertz CT molecular complexity index is 656. The number of carbonyl (C=O) groups is 1. The molecule has 2 heterocycles. The van der Waals surface area contributed by atoms with Crippen LogP contribution in [0.1, 0.15) is 12.5 Å². The Morgan fingerprint density at radius 2 is 2.09 bits per heavy atom. The summed E-state index contributed by atoms with van der Waals surface area (Å²) in [4.78, 5) is 18.5. The Hall–Kier alpha value is -2.41. The first-order valence-electron chi connectivity index (χ1n) is 7.79. The van der Waals surface area contributed by atoms with Gasteiger partial charge in [-0.1, -0.05) is 37.3 Å². The fourth-order valence-corrected chi connectivity index (χ4v) is 2.94. The third-order valence-corrected chi connectivity index (χ3v) is 4.19. The molecule has 2 amide bonds. The van der Waals surface area contributed by atoms with E-state index in [1.54, 1.807) is 7.05 Å². The monoisotopic (exact) mass is 314 g/mol.